The zero-order valence-corrected chi connectivity index (χ0v) is 21.9. The molecule has 38 heavy (non-hydrogen) atoms. The second-order valence-electron chi connectivity index (χ2n) is 8.57. The van der Waals surface area contributed by atoms with Gasteiger partial charge in [-0.1, -0.05) is 26.0 Å². The van der Waals surface area contributed by atoms with E-state index >= 15 is 0 Å². The van der Waals surface area contributed by atoms with Crippen molar-refractivity contribution < 1.29 is 27.5 Å². The predicted octanol–water partition coefficient (Wildman–Crippen LogP) is 5.31. The molecule has 12 heteroatoms. The number of nitrogens with zero attached hydrogens (tertiary/aromatic N) is 4. The summed E-state index contributed by atoms with van der Waals surface area (Å²) in [5, 5.41) is 7.51. The van der Waals surface area contributed by atoms with Gasteiger partial charge in [0, 0.05) is 13.2 Å². The molecule has 1 aliphatic heterocycles. The van der Waals surface area contributed by atoms with E-state index in [4.69, 9.17) is 10.5 Å². The van der Waals surface area contributed by atoms with Crippen LogP contribution in [0.25, 0.3) is 10.9 Å². The number of amides is 2. The summed E-state index contributed by atoms with van der Waals surface area (Å²) in [5.74, 6) is -1.53. The van der Waals surface area contributed by atoms with Gasteiger partial charge in [-0.05, 0) is 50.8 Å². The van der Waals surface area contributed by atoms with E-state index in [0.29, 0.717) is 23.1 Å². The van der Waals surface area contributed by atoms with Crippen molar-refractivity contribution >= 4 is 34.2 Å². The molecule has 1 saturated heterocycles. The van der Waals surface area contributed by atoms with Gasteiger partial charge in [0.2, 0.25) is 0 Å². The van der Waals surface area contributed by atoms with E-state index in [1.54, 1.807) is 18.5 Å². The first-order valence-corrected chi connectivity index (χ1v) is 12.6. The Hall–Kier alpha value is -3.67. The zero-order valence-electron chi connectivity index (χ0n) is 21.9. The van der Waals surface area contributed by atoms with E-state index in [0.717, 1.165) is 31.4 Å². The van der Waals surface area contributed by atoms with Gasteiger partial charge in [0.05, 0.1) is 35.1 Å². The third-order valence-corrected chi connectivity index (χ3v) is 6.32. The van der Waals surface area contributed by atoms with Crippen LogP contribution in [0.2, 0.25) is 0 Å². The number of hydrogen-bond donors (Lipinski definition) is 2. The van der Waals surface area contributed by atoms with Crippen molar-refractivity contribution in [1.82, 2.24) is 19.7 Å². The first-order chi connectivity index (χ1) is 18.1. The smallest absolute Gasteiger partial charge is 0.383 e. The van der Waals surface area contributed by atoms with Gasteiger partial charge in [-0.25, -0.2) is 9.67 Å². The summed E-state index contributed by atoms with van der Waals surface area (Å²) in [6.07, 6.45) is 0.741. The maximum absolute atomic E-state index is 13.1. The van der Waals surface area contributed by atoms with Crippen LogP contribution < -0.4 is 11.1 Å². The fraction of sp³-hybridized carbons (Fsp3) is 0.462. The van der Waals surface area contributed by atoms with Gasteiger partial charge < -0.3 is 20.7 Å². The number of carbonyl (C=O) groups is 2. The Morgan fingerprint density at radius 1 is 1.21 bits per heavy atom. The molecular formula is C26H33F3N6O3. The first kappa shape index (κ1) is 28.9. The number of carbonyl (C=O) groups excluding carboxylic acids is 2. The molecule has 2 amide bonds. The van der Waals surface area contributed by atoms with Crippen molar-refractivity contribution in [2.75, 3.05) is 24.2 Å². The number of ether oxygens (including phenoxy) is 1. The molecule has 206 valence electrons. The lowest BCUT2D eigenvalue weighted by Crippen LogP contribution is -2.41. The Morgan fingerprint density at radius 3 is 2.47 bits per heavy atom. The summed E-state index contributed by atoms with van der Waals surface area (Å²) in [5.41, 5.74) is 6.43. The number of likely N-dealkylation sites (N-methyl/N-ethyl adjacent to an activating group) is 1. The van der Waals surface area contributed by atoms with Gasteiger partial charge in [-0.3, -0.25) is 9.59 Å². The molecule has 3 heterocycles. The molecule has 0 saturated carbocycles. The highest BCUT2D eigenvalue weighted by atomic mass is 19.4. The van der Waals surface area contributed by atoms with Crippen LogP contribution in [0.15, 0.2) is 36.7 Å². The van der Waals surface area contributed by atoms with Crippen LogP contribution in [0, 0.1) is 0 Å². The van der Waals surface area contributed by atoms with E-state index < -0.39 is 29.6 Å². The lowest BCUT2D eigenvalue weighted by Gasteiger charge is -2.28. The van der Waals surface area contributed by atoms with Crippen molar-refractivity contribution in [1.29, 1.82) is 0 Å². The number of nitrogens with two attached hydrogens (primary N) is 1. The third kappa shape index (κ3) is 6.07. The number of anilines is 2. The molecule has 0 spiro atoms. The van der Waals surface area contributed by atoms with Crippen molar-refractivity contribution in [2.24, 2.45) is 0 Å². The molecule has 3 N–H and O–H groups in total. The Bertz CT molecular complexity index is 1250. The van der Waals surface area contributed by atoms with E-state index in [9.17, 15) is 22.8 Å². The molecule has 1 aromatic carbocycles. The summed E-state index contributed by atoms with van der Waals surface area (Å²) >= 11 is 0. The van der Waals surface area contributed by atoms with Crippen LogP contribution in [0.1, 0.15) is 70.4 Å². The Morgan fingerprint density at radius 2 is 1.89 bits per heavy atom. The molecule has 2 aromatic heterocycles. The molecule has 1 fully saturated rings. The summed E-state index contributed by atoms with van der Waals surface area (Å²) < 4.78 is 46.2. The number of hydrogen-bond acceptors (Lipinski definition) is 6. The predicted molar refractivity (Wildman–Crippen MR) is 138 cm³/mol. The number of nitrogen functional groups attached to an aromatic ring is 1. The van der Waals surface area contributed by atoms with Gasteiger partial charge in [-0.2, -0.15) is 18.3 Å². The molecule has 0 bridgehead atoms. The number of fused-ring (bicyclic) bond motifs is 1. The molecule has 9 nitrogen and oxygen atoms in total. The first-order valence-electron chi connectivity index (χ1n) is 12.6. The highest BCUT2D eigenvalue weighted by molar-refractivity contribution is 6.40. The van der Waals surface area contributed by atoms with Crippen LogP contribution in [-0.2, 0) is 20.5 Å². The number of alkyl halides is 3. The third-order valence-electron chi connectivity index (χ3n) is 6.32. The molecular weight excluding hydrogens is 501 g/mol. The Labute approximate surface area is 219 Å². The molecule has 2 unspecified atom stereocenters. The SMILES string of the molecule is CC.CCN(C(=O)C(=O)Nc1cnc(N)c2cnn(C3CCCCO3)c12)C(C)c1ccc(C(F)(F)F)cc1. The van der Waals surface area contributed by atoms with Crippen LogP contribution in [0.5, 0.6) is 0 Å². The van der Waals surface area contributed by atoms with Gasteiger partial charge in [0.25, 0.3) is 0 Å². The van der Waals surface area contributed by atoms with Crippen molar-refractivity contribution in [2.45, 2.75) is 65.4 Å². The van der Waals surface area contributed by atoms with Gasteiger partial charge in [-0.15, -0.1) is 0 Å². The second kappa shape index (κ2) is 12.2. The lowest BCUT2D eigenvalue weighted by atomic mass is 10.0. The highest BCUT2D eigenvalue weighted by Crippen LogP contribution is 2.33. The maximum Gasteiger partial charge on any atom is 0.416 e. The zero-order chi connectivity index (χ0) is 28.0. The molecule has 2 atom stereocenters. The number of pyridine rings is 1. The molecule has 3 aromatic rings. The minimum atomic E-state index is -4.46. The molecule has 1 aliphatic rings. The average molecular weight is 535 g/mol. The maximum atomic E-state index is 13.1. The number of halogens is 3. The van der Waals surface area contributed by atoms with Gasteiger partial charge >= 0.3 is 18.0 Å². The van der Waals surface area contributed by atoms with Crippen LogP contribution >= 0.6 is 0 Å². The normalized spacial score (nSPS) is 16.3. The topological polar surface area (TPSA) is 115 Å². The largest absolute Gasteiger partial charge is 0.416 e. The summed E-state index contributed by atoms with van der Waals surface area (Å²) in [6, 6.07) is 3.88. The number of rotatable bonds is 5. The number of nitrogens with one attached hydrogen (secondary N) is 1. The molecule has 0 radical (unpaired) electrons. The number of benzene rings is 1. The van der Waals surface area contributed by atoms with E-state index in [1.165, 1.54) is 29.4 Å². The summed E-state index contributed by atoms with van der Waals surface area (Å²) in [7, 11) is 0. The van der Waals surface area contributed by atoms with Gasteiger partial charge in [0.15, 0.2) is 6.23 Å². The minimum Gasteiger partial charge on any atom is -0.383 e. The van der Waals surface area contributed by atoms with Crippen molar-refractivity contribution in [3.8, 4) is 0 Å². The molecule has 4 rings (SSSR count). The average Bonchev–Trinajstić information content (AvgIpc) is 3.38. The fourth-order valence-electron chi connectivity index (χ4n) is 4.34. The highest BCUT2D eigenvalue weighted by Gasteiger charge is 2.31. The lowest BCUT2D eigenvalue weighted by molar-refractivity contribution is -0.144. The van der Waals surface area contributed by atoms with Crippen molar-refractivity contribution in [3.05, 3.63) is 47.8 Å². The van der Waals surface area contributed by atoms with E-state index in [1.807, 2.05) is 13.8 Å². The minimum absolute atomic E-state index is 0.164. The summed E-state index contributed by atoms with van der Waals surface area (Å²) in [4.78, 5) is 31.5. The summed E-state index contributed by atoms with van der Waals surface area (Å²) in [6.45, 7) is 8.08. The standard InChI is InChI=1S/C24H27F3N6O3.C2H6/c1-3-32(14(2)15-7-9-16(10-8-15)24(25,26)27)23(35)22(34)31-18-13-29-21(28)17-12-30-33(20(17)18)19-6-4-5-11-36-19;1-2/h7-10,12-14,19H,3-6,11H2,1-2H3,(H2,28,29)(H,31,34);1-2H3. The Kier molecular flexibility index (Phi) is 9.31. The quantitative estimate of drug-likeness (QED) is 0.429. The number of aromatic nitrogens is 3. The fourth-order valence-corrected chi connectivity index (χ4v) is 4.34. The van der Waals surface area contributed by atoms with E-state index in [2.05, 4.69) is 15.4 Å². The van der Waals surface area contributed by atoms with Gasteiger partial charge in [0.1, 0.15) is 11.3 Å². The van der Waals surface area contributed by atoms with Crippen LogP contribution in [-0.4, -0.2) is 44.6 Å². The van der Waals surface area contributed by atoms with Crippen LogP contribution in [0.4, 0.5) is 24.7 Å². The molecule has 0 aliphatic carbocycles. The van der Waals surface area contributed by atoms with E-state index in [-0.39, 0.29) is 24.3 Å². The monoisotopic (exact) mass is 534 g/mol. The Balaban J connectivity index is 0.00000195. The second-order valence-corrected chi connectivity index (χ2v) is 8.57. The van der Waals surface area contributed by atoms with Crippen molar-refractivity contribution in [3.63, 3.8) is 0 Å². The van der Waals surface area contributed by atoms with Crippen LogP contribution in [0.3, 0.4) is 0 Å².